The molecule has 1 heterocycles. The molecule has 1 unspecified atom stereocenters. The Hall–Kier alpha value is -2.76. The highest BCUT2D eigenvalue weighted by atomic mass is 19.4. The lowest BCUT2D eigenvalue weighted by Gasteiger charge is -2.10. The molecular formula is C19H16F3NO2. The Balaban J connectivity index is 1.77. The number of carbonyl (C=O) groups excluding carboxylic acids is 1. The van der Waals surface area contributed by atoms with Crippen molar-refractivity contribution < 1.29 is 22.7 Å². The molecule has 0 saturated carbocycles. The Morgan fingerprint density at radius 2 is 1.76 bits per heavy atom. The average Bonchev–Trinajstić information content (AvgIpc) is 2.87. The molecule has 2 aromatic rings. The minimum absolute atomic E-state index is 0.0177. The minimum atomic E-state index is -4.49. The Bertz CT molecular complexity index is 813. The fourth-order valence-electron chi connectivity index (χ4n) is 2.82. The van der Waals surface area contributed by atoms with Crippen LogP contribution in [0.2, 0.25) is 0 Å². The van der Waals surface area contributed by atoms with Crippen molar-refractivity contribution in [3.05, 3.63) is 77.2 Å². The summed E-state index contributed by atoms with van der Waals surface area (Å²) >= 11 is 0. The van der Waals surface area contributed by atoms with Crippen LogP contribution in [-0.4, -0.2) is 11.9 Å². The zero-order valence-corrected chi connectivity index (χ0v) is 13.2. The number of rotatable bonds is 4. The van der Waals surface area contributed by atoms with Crippen molar-refractivity contribution in [1.82, 2.24) is 0 Å². The normalized spacial score (nSPS) is 17.7. The van der Waals surface area contributed by atoms with E-state index in [9.17, 15) is 18.0 Å². The number of ether oxygens (including phenoxy) is 1. The first-order valence-electron chi connectivity index (χ1n) is 7.78. The smallest absolute Gasteiger partial charge is 0.416 e. The minimum Gasteiger partial charge on any atom is -0.467 e. The summed E-state index contributed by atoms with van der Waals surface area (Å²) in [4.78, 5) is 12.6. The van der Waals surface area contributed by atoms with Gasteiger partial charge >= 0.3 is 6.18 Å². The third kappa shape index (κ3) is 3.68. The maximum Gasteiger partial charge on any atom is 0.416 e. The van der Waals surface area contributed by atoms with Crippen LogP contribution in [-0.2, 0) is 22.1 Å². The highest BCUT2D eigenvalue weighted by Crippen LogP contribution is 2.34. The van der Waals surface area contributed by atoms with Gasteiger partial charge in [0.25, 0.3) is 0 Å². The third-order valence-corrected chi connectivity index (χ3v) is 4.07. The van der Waals surface area contributed by atoms with Gasteiger partial charge in [-0.1, -0.05) is 42.5 Å². The maximum absolute atomic E-state index is 12.9. The molecule has 0 saturated heterocycles. The lowest BCUT2D eigenvalue weighted by molar-refractivity contribution is -0.137. The molecule has 1 aliphatic rings. The highest BCUT2D eigenvalue weighted by Gasteiger charge is 2.36. The van der Waals surface area contributed by atoms with E-state index in [4.69, 9.17) is 10.5 Å². The zero-order valence-electron chi connectivity index (χ0n) is 13.2. The molecule has 0 radical (unpaired) electrons. The fraction of sp³-hybridized carbons (Fsp3) is 0.211. The number of hydrogen-bond donors (Lipinski definition) is 1. The SMILES string of the molecule is NC1=C(c2cccc(C(F)(F)F)c2)C(=O)C(CCc2ccccc2)O1. The summed E-state index contributed by atoms with van der Waals surface area (Å²) in [5, 5.41) is 0. The van der Waals surface area contributed by atoms with E-state index in [1.807, 2.05) is 30.3 Å². The number of aryl methyl sites for hydroxylation is 1. The summed E-state index contributed by atoms with van der Waals surface area (Å²) in [6.07, 6.45) is -4.24. The number of hydrogen-bond acceptors (Lipinski definition) is 3. The standard InChI is InChI=1S/C19H16F3NO2/c20-19(21,22)14-8-4-7-13(11-14)16-17(24)15(25-18(16)23)10-9-12-5-2-1-3-6-12/h1-8,11,15H,9-10,23H2. The molecule has 1 atom stereocenters. The van der Waals surface area contributed by atoms with Gasteiger partial charge in [-0.05, 0) is 36.1 Å². The van der Waals surface area contributed by atoms with Gasteiger partial charge in [-0.2, -0.15) is 13.2 Å². The second-order valence-electron chi connectivity index (χ2n) is 5.81. The topological polar surface area (TPSA) is 52.3 Å². The van der Waals surface area contributed by atoms with Gasteiger partial charge in [-0.15, -0.1) is 0 Å². The van der Waals surface area contributed by atoms with Crippen LogP contribution < -0.4 is 5.73 Å². The van der Waals surface area contributed by atoms with Gasteiger partial charge in [-0.3, -0.25) is 4.79 Å². The first-order valence-corrected chi connectivity index (χ1v) is 7.78. The largest absolute Gasteiger partial charge is 0.467 e. The molecule has 0 aliphatic carbocycles. The van der Waals surface area contributed by atoms with Crippen molar-refractivity contribution in [3.8, 4) is 0 Å². The van der Waals surface area contributed by atoms with Crippen molar-refractivity contribution in [1.29, 1.82) is 0 Å². The van der Waals surface area contributed by atoms with Crippen LogP contribution in [0, 0.1) is 0 Å². The third-order valence-electron chi connectivity index (χ3n) is 4.07. The quantitative estimate of drug-likeness (QED) is 0.912. The Morgan fingerprint density at radius 3 is 2.44 bits per heavy atom. The van der Waals surface area contributed by atoms with Gasteiger partial charge in [0.15, 0.2) is 12.0 Å². The van der Waals surface area contributed by atoms with E-state index in [0.717, 1.165) is 17.7 Å². The Labute approximate surface area is 142 Å². The number of nitrogens with two attached hydrogens (primary N) is 1. The second-order valence-corrected chi connectivity index (χ2v) is 5.81. The molecule has 1 aliphatic heterocycles. The van der Waals surface area contributed by atoms with Crippen molar-refractivity contribution in [3.63, 3.8) is 0 Å². The van der Waals surface area contributed by atoms with E-state index in [2.05, 4.69) is 0 Å². The molecule has 3 rings (SSSR count). The molecule has 25 heavy (non-hydrogen) atoms. The fourth-order valence-corrected chi connectivity index (χ4v) is 2.82. The first kappa shape index (κ1) is 17.1. The van der Waals surface area contributed by atoms with Crippen LogP contribution >= 0.6 is 0 Å². The van der Waals surface area contributed by atoms with E-state index in [1.165, 1.54) is 12.1 Å². The van der Waals surface area contributed by atoms with Crippen LogP contribution in [0.1, 0.15) is 23.1 Å². The summed E-state index contributed by atoms with van der Waals surface area (Å²) in [7, 11) is 0. The summed E-state index contributed by atoms with van der Waals surface area (Å²) in [6.45, 7) is 0. The number of halogens is 3. The van der Waals surface area contributed by atoms with Gasteiger partial charge in [-0.25, -0.2) is 0 Å². The van der Waals surface area contributed by atoms with Crippen molar-refractivity contribution in [2.24, 2.45) is 5.73 Å². The molecule has 130 valence electrons. The lowest BCUT2D eigenvalue weighted by Crippen LogP contribution is -2.19. The van der Waals surface area contributed by atoms with E-state index in [-0.39, 0.29) is 22.8 Å². The summed E-state index contributed by atoms with van der Waals surface area (Å²) in [5.74, 6) is -0.504. The molecule has 2 aromatic carbocycles. The van der Waals surface area contributed by atoms with Crippen LogP contribution in [0.4, 0.5) is 13.2 Å². The summed E-state index contributed by atoms with van der Waals surface area (Å²) < 4.78 is 44.0. The maximum atomic E-state index is 12.9. The van der Waals surface area contributed by atoms with Gasteiger partial charge < -0.3 is 10.5 Å². The predicted octanol–water partition coefficient (Wildman–Crippen LogP) is 3.93. The summed E-state index contributed by atoms with van der Waals surface area (Å²) in [5.41, 5.74) is 6.14. The number of alkyl halides is 3. The van der Waals surface area contributed by atoms with Gasteiger partial charge in [0, 0.05) is 0 Å². The zero-order chi connectivity index (χ0) is 18.0. The number of carbonyl (C=O) groups is 1. The van der Waals surface area contributed by atoms with Gasteiger partial charge in [0.1, 0.15) is 0 Å². The van der Waals surface area contributed by atoms with E-state index in [1.54, 1.807) is 0 Å². The van der Waals surface area contributed by atoms with E-state index < -0.39 is 17.8 Å². The number of benzene rings is 2. The van der Waals surface area contributed by atoms with Crippen molar-refractivity contribution >= 4 is 11.4 Å². The molecule has 2 N–H and O–H groups in total. The van der Waals surface area contributed by atoms with Gasteiger partial charge in [0.2, 0.25) is 5.78 Å². The molecule has 3 nitrogen and oxygen atoms in total. The molecule has 0 aromatic heterocycles. The van der Waals surface area contributed by atoms with E-state index in [0.29, 0.717) is 12.8 Å². The van der Waals surface area contributed by atoms with Gasteiger partial charge in [0.05, 0.1) is 11.1 Å². The Kier molecular flexibility index (Phi) is 4.53. The highest BCUT2D eigenvalue weighted by molar-refractivity contribution is 6.25. The van der Waals surface area contributed by atoms with Crippen LogP contribution in [0.3, 0.4) is 0 Å². The molecule has 0 bridgehead atoms. The van der Waals surface area contributed by atoms with Crippen molar-refractivity contribution in [2.45, 2.75) is 25.1 Å². The molecule has 0 spiro atoms. The van der Waals surface area contributed by atoms with Crippen LogP contribution in [0.15, 0.2) is 60.5 Å². The van der Waals surface area contributed by atoms with Crippen LogP contribution in [0.5, 0.6) is 0 Å². The van der Waals surface area contributed by atoms with Crippen molar-refractivity contribution in [2.75, 3.05) is 0 Å². The molecular weight excluding hydrogens is 331 g/mol. The lowest BCUT2D eigenvalue weighted by atomic mass is 9.96. The molecule has 0 amide bonds. The molecule has 0 fully saturated rings. The summed E-state index contributed by atoms with van der Waals surface area (Å²) in [6, 6.07) is 14.1. The second kappa shape index (κ2) is 6.63. The van der Waals surface area contributed by atoms with E-state index >= 15 is 0 Å². The first-order chi connectivity index (χ1) is 11.9. The number of ketones is 1. The average molecular weight is 347 g/mol. The number of Topliss-reactive ketones (excluding diaryl/α,β-unsaturated/α-hetero) is 1. The monoisotopic (exact) mass is 347 g/mol. The Morgan fingerprint density at radius 1 is 1.04 bits per heavy atom. The predicted molar refractivity (Wildman–Crippen MR) is 87.2 cm³/mol. The molecule has 6 heteroatoms. The van der Waals surface area contributed by atoms with Crippen LogP contribution in [0.25, 0.3) is 5.57 Å².